The van der Waals surface area contributed by atoms with Crippen LogP contribution in [0, 0.1) is 5.82 Å². The van der Waals surface area contributed by atoms with Crippen molar-refractivity contribution in [1.82, 2.24) is 0 Å². The molecule has 0 amide bonds. The van der Waals surface area contributed by atoms with E-state index in [1.165, 1.54) is 36.4 Å². The molecule has 0 fully saturated rings. The van der Waals surface area contributed by atoms with Gasteiger partial charge in [-0.3, -0.25) is 4.99 Å². The lowest BCUT2D eigenvalue weighted by atomic mass is 10.1. The summed E-state index contributed by atoms with van der Waals surface area (Å²) in [5, 5.41) is 12.6. The van der Waals surface area contributed by atoms with Crippen LogP contribution in [0.5, 0.6) is 5.75 Å². The molecule has 0 saturated carbocycles. The maximum absolute atomic E-state index is 12.8. The van der Waals surface area contributed by atoms with Crippen molar-refractivity contribution >= 4 is 35.6 Å². The largest absolute Gasteiger partial charge is 0.573 e. The van der Waals surface area contributed by atoms with Crippen LogP contribution in [0.1, 0.15) is 11.7 Å². The lowest BCUT2D eigenvalue weighted by molar-refractivity contribution is -0.274. The van der Waals surface area contributed by atoms with Gasteiger partial charge in [-0.1, -0.05) is 12.1 Å². The summed E-state index contributed by atoms with van der Waals surface area (Å²) in [5.74, 6) is -0.815. The number of ether oxygens (including phenoxy) is 1. The number of nitrogens with one attached hydrogen (secondary N) is 1. The van der Waals surface area contributed by atoms with Gasteiger partial charge in [-0.05, 0) is 42.0 Å². The molecule has 142 valence electrons. The number of rotatable bonds is 5. The van der Waals surface area contributed by atoms with Crippen molar-refractivity contribution in [3.8, 4) is 5.75 Å². The normalized spacial score (nSPS) is 12.9. The van der Waals surface area contributed by atoms with Gasteiger partial charge < -0.3 is 20.9 Å². The van der Waals surface area contributed by atoms with Crippen molar-refractivity contribution in [2.45, 2.75) is 12.5 Å². The second-order valence-electron chi connectivity index (χ2n) is 4.99. The van der Waals surface area contributed by atoms with E-state index in [2.05, 4.69) is 15.0 Å². The minimum absolute atomic E-state index is 0. The van der Waals surface area contributed by atoms with E-state index >= 15 is 0 Å². The van der Waals surface area contributed by atoms with Gasteiger partial charge in [-0.15, -0.1) is 37.1 Å². The summed E-state index contributed by atoms with van der Waals surface area (Å²) in [6, 6.07) is 10.2. The first-order chi connectivity index (χ1) is 11.7. The van der Waals surface area contributed by atoms with Gasteiger partial charge in [0.15, 0.2) is 5.96 Å². The van der Waals surface area contributed by atoms with Crippen molar-refractivity contribution in [2.75, 3.05) is 11.9 Å². The first-order valence-corrected chi connectivity index (χ1v) is 7.09. The van der Waals surface area contributed by atoms with E-state index in [-0.39, 0.29) is 42.2 Å². The summed E-state index contributed by atoms with van der Waals surface area (Å²) in [6.07, 6.45) is -5.73. The number of aliphatic hydroxyl groups excluding tert-OH is 1. The van der Waals surface area contributed by atoms with Crippen LogP contribution in [0.25, 0.3) is 0 Å². The third-order valence-corrected chi connectivity index (χ3v) is 3.05. The fourth-order valence-electron chi connectivity index (χ4n) is 1.90. The van der Waals surface area contributed by atoms with Gasteiger partial charge in [-0.25, -0.2) is 4.39 Å². The highest BCUT2D eigenvalue weighted by Gasteiger charge is 2.30. The number of alkyl halides is 3. The summed E-state index contributed by atoms with van der Waals surface area (Å²) in [5.41, 5.74) is 6.53. The first kappa shape index (κ1) is 22.0. The zero-order chi connectivity index (χ0) is 18.4. The minimum Gasteiger partial charge on any atom is -0.406 e. The number of hydrogen-bond acceptors (Lipinski definition) is 3. The second kappa shape index (κ2) is 9.57. The Kier molecular flexibility index (Phi) is 8.08. The molecule has 4 N–H and O–H groups in total. The van der Waals surface area contributed by atoms with E-state index in [0.717, 1.165) is 12.1 Å². The van der Waals surface area contributed by atoms with Crippen molar-refractivity contribution in [3.05, 3.63) is 59.9 Å². The van der Waals surface area contributed by atoms with Gasteiger partial charge in [0.25, 0.3) is 0 Å². The maximum atomic E-state index is 12.8. The van der Waals surface area contributed by atoms with Crippen LogP contribution < -0.4 is 15.8 Å². The van der Waals surface area contributed by atoms with Crippen molar-refractivity contribution < 1.29 is 27.4 Å². The SMILES string of the molecule is I.NC(=NCC(O)c1ccc(F)cc1)Nc1ccc(OC(F)(F)F)cc1. The second-order valence-corrected chi connectivity index (χ2v) is 4.99. The van der Waals surface area contributed by atoms with Crippen LogP contribution in [0.4, 0.5) is 23.2 Å². The number of anilines is 1. The highest BCUT2D eigenvalue weighted by molar-refractivity contribution is 14.0. The van der Waals surface area contributed by atoms with Gasteiger partial charge >= 0.3 is 6.36 Å². The zero-order valence-corrected chi connectivity index (χ0v) is 15.5. The van der Waals surface area contributed by atoms with Crippen LogP contribution >= 0.6 is 24.0 Å². The third-order valence-electron chi connectivity index (χ3n) is 3.05. The van der Waals surface area contributed by atoms with E-state index < -0.39 is 18.3 Å². The van der Waals surface area contributed by atoms with Gasteiger partial charge in [0.2, 0.25) is 0 Å². The number of aliphatic hydroxyl groups is 1. The first-order valence-electron chi connectivity index (χ1n) is 7.09. The van der Waals surface area contributed by atoms with E-state index in [9.17, 15) is 22.7 Å². The van der Waals surface area contributed by atoms with Gasteiger partial charge in [-0.2, -0.15) is 0 Å². The van der Waals surface area contributed by atoms with Crippen LogP contribution in [0.3, 0.4) is 0 Å². The predicted molar refractivity (Wildman–Crippen MR) is 100 cm³/mol. The molecule has 0 saturated heterocycles. The number of benzene rings is 2. The molecule has 5 nitrogen and oxygen atoms in total. The fraction of sp³-hybridized carbons (Fsp3) is 0.188. The topological polar surface area (TPSA) is 79.9 Å². The molecule has 2 aromatic rings. The highest BCUT2D eigenvalue weighted by Crippen LogP contribution is 2.23. The molecule has 0 aliphatic rings. The number of halogens is 5. The Hall–Kier alpha value is -2.08. The molecule has 0 spiro atoms. The zero-order valence-electron chi connectivity index (χ0n) is 13.2. The molecule has 0 aliphatic heterocycles. The van der Waals surface area contributed by atoms with E-state index in [1.807, 2.05) is 0 Å². The fourth-order valence-corrected chi connectivity index (χ4v) is 1.90. The molecule has 1 unspecified atom stereocenters. The number of aliphatic imine (C=N–C) groups is 1. The molecule has 0 bridgehead atoms. The van der Waals surface area contributed by atoms with Crippen LogP contribution in [0.15, 0.2) is 53.5 Å². The average Bonchev–Trinajstić information content (AvgIpc) is 2.54. The number of nitrogens with zero attached hydrogens (tertiary/aromatic N) is 1. The van der Waals surface area contributed by atoms with Crippen molar-refractivity contribution in [1.29, 1.82) is 0 Å². The summed E-state index contributed by atoms with van der Waals surface area (Å²) in [4.78, 5) is 3.93. The third kappa shape index (κ3) is 7.44. The maximum Gasteiger partial charge on any atom is 0.573 e. The summed E-state index contributed by atoms with van der Waals surface area (Å²) in [6.45, 7) is -0.0697. The molecule has 0 aliphatic carbocycles. The molecule has 0 heterocycles. The summed E-state index contributed by atoms with van der Waals surface area (Å²) in [7, 11) is 0. The molecule has 10 heteroatoms. The molecular weight excluding hydrogens is 469 g/mol. The average molecular weight is 485 g/mol. The number of guanidine groups is 1. The minimum atomic E-state index is -4.76. The van der Waals surface area contributed by atoms with E-state index in [4.69, 9.17) is 5.73 Å². The quantitative estimate of drug-likeness (QED) is 0.261. The predicted octanol–water partition coefficient (Wildman–Crippen LogP) is 3.80. The summed E-state index contributed by atoms with van der Waals surface area (Å²) >= 11 is 0. The van der Waals surface area contributed by atoms with Crippen molar-refractivity contribution in [3.63, 3.8) is 0 Å². The number of nitrogens with two attached hydrogens (primary N) is 1. The monoisotopic (exact) mass is 485 g/mol. The van der Waals surface area contributed by atoms with Gasteiger partial charge in [0, 0.05) is 5.69 Å². The molecule has 2 rings (SSSR count). The Labute approximate surface area is 163 Å². The Morgan fingerprint density at radius 3 is 2.23 bits per heavy atom. The Morgan fingerprint density at radius 1 is 1.12 bits per heavy atom. The standard InChI is InChI=1S/C16H15F4N3O2.HI/c17-11-3-1-10(2-4-11)14(24)9-22-15(21)23-12-5-7-13(8-6-12)25-16(18,19)20;/h1-8,14,24H,9H2,(H3,21,22,23);1H. The molecule has 0 radical (unpaired) electrons. The highest BCUT2D eigenvalue weighted by atomic mass is 127. The number of hydrogen-bond donors (Lipinski definition) is 3. The van der Waals surface area contributed by atoms with E-state index in [0.29, 0.717) is 11.3 Å². The van der Waals surface area contributed by atoms with Crippen LogP contribution in [-0.4, -0.2) is 24.0 Å². The smallest absolute Gasteiger partial charge is 0.406 e. The lowest BCUT2D eigenvalue weighted by Gasteiger charge is -2.11. The van der Waals surface area contributed by atoms with Gasteiger partial charge in [0.05, 0.1) is 12.6 Å². The molecule has 0 aromatic heterocycles. The molecule has 1 atom stereocenters. The lowest BCUT2D eigenvalue weighted by Crippen LogP contribution is -2.23. The van der Waals surface area contributed by atoms with Gasteiger partial charge in [0.1, 0.15) is 11.6 Å². The Balaban J connectivity index is 0.00000338. The van der Waals surface area contributed by atoms with Crippen LogP contribution in [-0.2, 0) is 0 Å². The summed E-state index contributed by atoms with van der Waals surface area (Å²) < 4.78 is 52.8. The molecule has 2 aromatic carbocycles. The molecular formula is C16H16F4IN3O2. The van der Waals surface area contributed by atoms with Crippen molar-refractivity contribution in [2.24, 2.45) is 10.7 Å². The van der Waals surface area contributed by atoms with Crippen LogP contribution in [0.2, 0.25) is 0 Å². The Morgan fingerprint density at radius 2 is 1.69 bits per heavy atom. The Bertz CT molecular complexity index is 722. The van der Waals surface area contributed by atoms with E-state index in [1.54, 1.807) is 0 Å². The molecule has 26 heavy (non-hydrogen) atoms.